The summed E-state index contributed by atoms with van der Waals surface area (Å²) in [7, 11) is 3.38. The van der Waals surface area contributed by atoms with Crippen LogP contribution < -0.4 is 16.0 Å². The van der Waals surface area contributed by atoms with Crippen LogP contribution in [0.2, 0.25) is 0 Å². The molecule has 2 aliphatic rings. The van der Waals surface area contributed by atoms with E-state index in [1.54, 1.807) is 31.2 Å². The number of hydrogen-bond acceptors (Lipinski definition) is 5. The van der Waals surface area contributed by atoms with Crippen molar-refractivity contribution in [1.82, 2.24) is 5.32 Å². The Morgan fingerprint density at radius 3 is 2.47 bits per heavy atom. The third-order valence-corrected chi connectivity index (χ3v) is 7.79. The summed E-state index contributed by atoms with van der Waals surface area (Å²) in [6.07, 6.45) is 9.63. The van der Waals surface area contributed by atoms with Gasteiger partial charge in [0.25, 0.3) is 0 Å². The van der Waals surface area contributed by atoms with Crippen LogP contribution in [-0.4, -0.2) is 33.2 Å². The number of nitrogens with two attached hydrogens (primary N) is 1. The van der Waals surface area contributed by atoms with E-state index in [1.165, 1.54) is 47.9 Å². The number of allylic oxidation sites excluding steroid dienone is 4. The number of nitrogens with one attached hydrogen (secondary N) is 1. The van der Waals surface area contributed by atoms with Crippen LogP contribution in [0, 0.1) is 12.8 Å². The summed E-state index contributed by atoms with van der Waals surface area (Å²) in [5.74, 6) is 0.908. The normalized spacial score (nSPS) is 16.8. The first-order valence-corrected chi connectivity index (χ1v) is 14.8. The molecule has 2 aromatic rings. The van der Waals surface area contributed by atoms with E-state index < -0.39 is 11.7 Å². The lowest BCUT2D eigenvalue weighted by Crippen LogP contribution is -2.33. The number of benzene rings is 2. The highest BCUT2D eigenvalue weighted by atomic mass is 19.4. The summed E-state index contributed by atoms with van der Waals surface area (Å²) in [6, 6.07) is 15.7. The topological polar surface area (TPSA) is 67.6 Å². The zero-order valence-corrected chi connectivity index (χ0v) is 25.6. The van der Waals surface area contributed by atoms with Gasteiger partial charge in [0.1, 0.15) is 5.60 Å². The fourth-order valence-corrected chi connectivity index (χ4v) is 5.11. The van der Waals surface area contributed by atoms with Crippen molar-refractivity contribution in [2.75, 3.05) is 25.6 Å². The first-order chi connectivity index (χ1) is 20.6. The van der Waals surface area contributed by atoms with Gasteiger partial charge in [-0.3, -0.25) is 4.79 Å². The highest BCUT2D eigenvalue weighted by molar-refractivity contribution is 5.81. The lowest BCUT2D eigenvalue weighted by Gasteiger charge is -2.36. The Labute approximate surface area is 254 Å². The van der Waals surface area contributed by atoms with E-state index in [9.17, 15) is 18.0 Å². The first kappa shape index (κ1) is 33.9. The molecular formula is C35H44F3N3O2. The molecule has 8 heteroatoms. The van der Waals surface area contributed by atoms with Crippen LogP contribution in [0.5, 0.6) is 0 Å². The number of hydrogen-bond donors (Lipinski definition) is 2. The number of aryl methyl sites for hydroxylation is 1. The zero-order valence-electron chi connectivity index (χ0n) is 25.6. The number of alkyl halides is 3. The molecule has 1 fully saturated rings. The van der Waals surface area contributed by atoms with Gasteiger partial charge in [0.05, 0.1) is 11.3 Å². The van der Waals surface area contributed by atoms with E-state index in [0.717, 1.165) is 36.6 Å². The molecule has 0 radical (unpaired) electrons. The van der Waals surface area contributed by atoms with Crippen LogP contribution in [0.1, 0.15) is 55.7 Å². The minimum absolute atomic E-state index is 0.0776. The molecule has 43 heavy (non-hydrogen) atoms. The smallest absolute Gasteiger partial charge is 0.387 e. The molecule has 1 unspecified atom stereocenters. The van der Waals surface area contributed by atoms with Crippen molar-refractivity contribution in [2.45, 2.75) is 64.3 Å². The fraction of sp³-hybridized carbons (Fsp3) is 0.400. The second-order valence-electron chi connectivity index (χ2n) is 11.0. The predicted molar refractivity (Wildman–Crippen MR) is 168 cm³/mol. The molecule has 0 aromatic heterocycles. The average Bonchev–Trinajstić information content (AvgIpc) is 3.85. The molecule has 1 aliphatic carbocycles. The summed E-state index contributed by atoms with van der Waals surface area (Å²) in [4.78, 5) is 12.6. The Kier molecular flexibility index (Phi) is 12.4. The maximum absolute atomic E-state index is 12.9. The average molecular weight is 596 g/mol. The molecule has 1 atom stereocenters. The third-order valence-electron chi connectivity index (χ3n) is 7.79. The second-order valence-corrected chi connectivity index (χ2v) is 11.0. The SMILES string of the molecule is CC/C=C(/C=C(/C=O)N(C)c1cccc(CN)c1)C(F)(F)F.COC(CCC1CC1)(C1=CNCC=C1)c1cccc(C)c1. The lowest BCUT2D eigenvalue weighted by atomic mass is 9.80. The number of rotatable bonds is 12. The number of carbonyl (C=O) groups is 1. The fourth-order valence-electron chi connectivity index (χ4n) is 5.11. The van der Waals surface area contributed by atoms with Crippen molar-refractivity contribution < 1.29 is 22.7 Å². The van der Waals surface area contributed by atoms with Gasteiger partial charge in [-0.25, -0.2) is 0 Å². The minimum atomic E-state index is -4.50. The Morgan fingerprint density at radius 1 is 1.16 bits per heavy atom. The molecule has 1 heterocycles. The summed E-state index contributed by atoms with van der Waals surface area (Å²) >= 11 is 0. The highest BCUT2D eigenvalue weighted by Gasteiger charge is 2.38. The molecule has 1 saturated carbocycles. The minimum Gasteiger partial charge on any atom is -0.387 e. The van der Waals surface area contributed by atoms with Crippen molar-refractivity contribution in [2.24, 2.45) is 11.7 Å². The molecule has 1 aliphatic heterocycles. The van der Waals surface area contributed by atoms with Crippen molar-refractivity contribution in [1.29, 1.82) is 0 Å². The van der Waals surface area contributed by atoms with Crippen LogP contribution in [0.3, 0.4) is 0 Å². The number of aldehydes is 1. The number of nitrogens with zero attached hydrogens (tertiary/aromatic N) is 1. The van der Waals surface area contributed by atoms with E-state index in [4.69, 9.17) is 10.5 Å². The standard InChI is InChI=1S/C19H25NO.C16H19F3N2O/c1-15-5-3-6-17(13-15)19(21-2,11-10-16-8-9-16)18-7-4-12-20-14-18;1-3-5-13(16(17,18)19)9-15(11-22)21(2)14-7-4-6-12(8-14)10-20/h3-7,13-14,16,20H,8-12H2,1-2H3;4-9,11H,3,10,20H2,1-2H3/b;13-5-,15-9-. The molecule has 5 nitrogen and oxygen atoms in total. The van der Waals surface area contributed by atoms with E-state index in [2.05, 4.69) is 54.9 Å². The number of methoxy groups -OCH3 is 1. The van der Waals surface area contributed by atoms with Crippen LogP contribution in [0.4, 0.5) is 18.9 Å². The molecule has 2 aromatic carbocycles. The van der Waals surface area contributed by atoms with Gasteiger partial charge in [0, 0.05) is 44.7 Å². The Morgan fingerprint density at radius 2 is 1.91 bits per heavy atom. The number of anilines is 1. The quantitative estimate of drug-likeness (QED) is 0.150. The molecule has 4 rings (SSSR count). The van der Waals surface area contributed by atoms with E-state index >= 15 is 0 Å². The van der Waals surface area contributed by atoms with Crippen LogP contribution in [-0.2, 0) is 21.7 Å². The Balaban J connectivity index is 0.000000235. The third kappa shape index (κ3) is 9.43. The predicted octanol–water partition coefficient (Wildman–Crippen LogP) is 7.63. The van der Waals surface area contributed by atoms with Gasteiger partial charge in [-0.15, -0.1) is 0 Å². The molecule has 232 valence electrons. The molecule has 0 amide bonds. The Hall–Kier alpha value is -3.62. The van der Waals surface area contributed by atoms with Crippen molar-refractivity contribution >= 4 is 12.0 Å². The summed E-state index contributed by atoms with van der Waals surface area (Å²) < 4.78 is 44.9. The largest absolute Gasteiger partial charge is 0.416 e. The van der Waals surface area contributed by atoms with E-state index in [1.807, 2.05) is 7.11 Å². The van der Waals surface area contributed by atoms with Gasteiger partial charge in [-0.1, -0.05) is 80.0 Å². The van der Waals surface area contributed by atoms with E-state index in [0.29, 0.717) is 18.5 Å². The number of halogens is 3. The number of likely N-dealkylation sites (N-methyl/N-ethyl adjacent to an activating group) is 1. The van der Waals surface area contributed by atoms with Gasteiger partial charge in [0.15, 0.2) is 6.29 Å². The van der Waals surface area contributed by atoms with Crippen molar-refractivity contribution in [3.63, 3.8) is 0 Å². The summed E-state index contributed by atoms with van der Waals surface area (Å²) in [5, 5.41) is 3.33. The monoisotopic (exact) mass is 595 g/mol. The van der Waals surface area contributed by atoms with Crippen molar-refractivity contribution in [3.05, 3.63) is 113 Å². The van der Waals surface area contributed by atoms with Gasteiger partial charge in [0.2, 0.25) is 0 Å². The molecular weight excluding hydrogens is 551 g/mol. The number of ether oxygens (including phenoxy) is 1. The van der Waals surface area contributed by atoms with Gasteiger partial charge in [-0.2, -0.15) is 13.2 Å². The van der Waals surface area contributed by atoms with Gasteiger partial charge in [-0.05, 0) is 61.4 Å². The van der Waals surface area contributed by atoms with Crippen molar-refractivity contribution in [3.8, 4) is 0 Å². The Bertz CT molecular complexity index is 1340. The molecule has 0 spiro atoms. The molecule has 0 saturated heterocycles. The van der Waals surface area contributed by atoms with Gasteiger partial charge < -0.3 is 20.7 Å². The summed E-state index contributed by atoms with van der Waals surface area (Å²) in [6.45, 7) is 4.97. The first-order valence-electron chi connectivity index (χ1n) is 14.8. The molecule has 0 bridgehead atoms. The summed E-state index contributed by atoms with van der Waals surface area (Å²) in [5.41, 5.74) is 9.53. The zero-order chi connectivity index (χ0) is 31.5. The maximum Gasteiger partial charge on any atom is 0.416 e. The molecule has 3 N–H and O–H groups in total. The lowest BCUT2D eigenvalue weighted by molar-refractivity contribution is -0.105. The number of carbonyl (C=O) groups excluding carboxylic acids is 1. The number of dihydropyridines is 1. The van der Waals surface area contributed by atoms with Gasteiger partial charge >= 0.3 is 6.18 Å². The van der Waals surface area contributed by atoms with Crippen LogP contribution in [0.25, 0.3) is 0 Å². The van der Waals surface area contributed by atoms with Crippen LogP contribution in [0.15, 0.2) is 95.9 Å². The highest BCUT2D eigenvalue weighted by Crippen LogP contribution is 2.44. The maximum atomic E-state index is 12.9. The second kappa shape index (κ2) is 15.7. The van der Waals surface area contributed by atoms with E-state index in [-0.39, 0.29) is 17.7 Å². The van der Waals surface area contributed by atoms with Crippen LogP contribution >= 0.6 is 0 Å².